The van der Waals surface area contributed by atoms with Gasteiger partial charge in [-0.05, 0) is 89.0 Å². The molecule has 2 N–H and O–H groups in total. The third-order valence-electron chi connectivity index (χ3n) is 11.8. The number of piperazine rings is 1. The normalized spacial score (nSPS) is 35.5. The Balaban J connectivity index is 1.48. The number of likely N-dealkylation sites (N-methyl/N-ethyl adjacent to an activating group) is 2. The van der Waals surface area contributed by atoms with Crippen LogP contribution >= 0.6 is 0 Å². The van der Waals surface area contributed by atoms with Gasteiger partial charge in [-0.3, -0.25) is 14.4 Å². The third kappa shape index (κ3) is 6.10. The van der Waals surface area contributed by atoms with E-state index in [0.717, 1.165) is 25.7 Å². The summed E-state index contributed by atoms with van der Waals surface area (Å²) in [7, 11) is 3.52. The molecule has 3 heterocycles. The fraction of sp³-hybridized carbons (Fsp3) is 0.714. The first-order valence-electron chi connectivity index (χ1n) is 17.3. The molecule has 2 bridgehead atoms. The summed E-state index contributed by atoms with van der Waals surface area (Å²) in [6.45, 7) is 8.74. The van der Waals surface area contributed by atoms with Crippen LogP contribution in [0.4, 0.5) is 14.5 Å². The highest BCUT2D eigenvalue weighted by Gasteiger charge is 2.76. The van der Waals surface area contributed by atoms with Gasteiger partial charge in [-0.25, -0.2) is 18.1 Å². The molecule has 1 aromatic rings. The molecule has 47 heavy (non-hydrogen) atoms. The second kappa shape index (κ2) is 12.5. The van der Waals surface area contributed by atoms with Gasteiger partial charge in [-0.1, -0.05) is 13.0 Å². The summed E-state index contributed by atoms with van der Waals surface area (Å²) >= 11 is 0. The topological polar surface area (TPSA) is 108 Å². The Bertz CT molecular complexity index is 1420. The maximum Gasteiger partial charge on any atom is 0.343 e. The summed E-state index contributed by atoms with van der Waals surface area (Å²) in [6, 6.07) is 1.02. The van der Waals surface area contributed by atoms with Crippen molar-refractivity contribution in [2.45, 2.75) is 102 Å². The molecule has 4 unspecified atom stereocenters. The standard InChI is InChI=1S/C35H49F2N5O5/c1-7-47-21(4)33(45)42(6)27-17-35(27,37)34(46)39-29(28(22-8-9-22)23-10-11-23)31(43)38-26-13-12-24(16-25(26)36)20(3)30(42)32(44)41-15-14-40(5)19(2)18-41/h12-13,16,19-23,27-30H,7-11,14-15,17-18H2,1-6H3,(H-,38,39,43,46)/p+1/t19-,20+,21?,27?,29+,30-,35?,42?/m1/s1. The molecule has 3 aliphatic heterocycles. The van der Waals surface area contributed by atoms with Crippen molar-refractivity contribution in [2.75, 3.05) is 45.7 Å². The summed E-state index contributed by atoms with van der Waals surface area (Å²) in [6.07, 6.45) is 2.36. The minimum atomic E-state index is -2.50. The van der Waals surface area contributed by atoms with E-state index in [1.807, 2.05) is 14.0 Å². The van der Waals surface area contributed by atoms with Crippen LogP contribution in [0.25, 0.3) is 0 Å². The fourth-order valence-electron chi connectivity index (χ4n) is 8.42. The number of halogens is 2. The van der Waals surface area contributed by atoms with Crippen LogP contribution in [0.1, 0.15) is 71.3 Å². The number of carbonyl (C=O) groups excluding carboxylic acids is 4. The van der Waals surface area contributed by atoms with E-state index in [1.54, 1.807) is 31.7 Å². The summed E-state index contributed by atoms with van der Waals surface area (Å²) in [4.78, 5) is 61.0. The van der Waals surface area contributed by atoms with Gasteiger partial charge < -0.3 is 25.2 Å². The highest BCUT2D eigenvalue weighted by atomic mass is 19.1. The number of hydrogen-bond donors (Lipinski definition) is 2. The van der Waals surface area contributed by atoms with Crippen molar-refractivity contribution in [1.82, 2.24) is 15.1 Å². The lowest BCUT2D eigenvalue weighted by Gasteiger charge is -2.46. The minimum absolute atomic E-state index is 0.0495. The van der Waals surface area contributed by atoms with Gasteiger partial charge in [0.15, 0.2) is 12.1 Å². The van der Waals surface area contributed by atoms with E-state index in [1.165, 1.54) is 19.2 Å². The van der Waals surface area contributed by atoms with Crippen LogP contribution in [0.15, 0.2) is 18.2 Å². The number of alkyl halides is 1. The molecule has 1 saturated heterocycles. The first-order chi connectivity index (χ1) is 22.2. The molecule has 3 saturated carbocycles. The van der Waals surface area contributed by atoms with Crippen LogP contribution in [0.5, 0.6) is 0 Å². The molecular weight excluding hydrogens is 608 g/mol. The van der Waals surface area contributed by atoms with E-state index >= 15 is 8.78 Å². The van der Waals surface area contributed by atoms with E-state index in [2.05, 4.69) is 15.5 Å². The quantitative estimate of drug-likeness (QED) is 0.436. The van der Waals surface area contributed by atoms with Gasteiger partial charge in [0.1, 0.15) is 17.9 Å². The number of carbonyl (C=O) groups is 4. The number of fused-ring (bicyclic) bond motifs is 8. The fourth-order valence-corrected chi connectivity index (χ4v) is 8.42. The van der Waals surface area contributed by atoms with Crippen molar-refractivity contribution >= 4 is 29.3 Å². The molecular formula is C35H50F2N5O5+. The summed E-state index contributed by atoms with van der Waals surface area (Å²) in [5.74, 6) is -3.61. The predicted molar refractivity (Wildman–Crippen MR) is 171 cm³/mol. The second-order valence-corrected chi connectivity index (χ2v) is 14.9. The molecule has 4 fully saturated rings. The van der Waals surface area contributed by atoms with Crippen LogP contribution in [0, 0.1) is 23.6 Å². The van der Waals surface area contributed by atoms with Crippen LogP contribution in [0.3, 0.4) is 0 Å². The third-order valence-corrected chi connectivity index (χ3v) is 11.8. The first-order valence-corrected chi connectivity index (χ1v) is 17.3. The number of ether oxygens (including phenoxy) is 1. The van der Waals surface area contributed by atoms with Gasteiger partial charge in [0.2, 0.25) is 11.6 Å². The number of rotatable bonds is 7. The Morgan fingerprint density at radius 1 is 1.13 bits per heavy atom. The molecule has 0 radical (unpaired) electrons. The average molecular weight is 659 g/mol. The maximum absolute atomic E-state index is 17.2. The van der Waals surface area contributed by atoms with E-state index in [0.29, 0.717) is 25.2 Å². The Kier molecular flexibility index (Phi) is 9.01. The second-order valence-electron chi connectivity index (χ2n) is 14.9. The molecule has 258 valence electrons. The number of nitrogens with zero attached hydrogens (tertiary/aromatic N) is 3. The van der Waals surface area contributed by atoms with Crippen molar-refractivity contribution in [3.63, 3.8) is 0 Å². The molecule has 1 aromatic carbocycles. The minimum Gasteiger partial charge on any atom is -0.365 e. The van der Waals surface area contributed by atoms with E-state index < -0.39 is 63.8 Å². The van der Waals surface area contributed by atoms with Crippen molar-refractivity contribution in [1.29, 1.82) is 0 Å². The smallest absolute Gasteiger partial charge is 0.343 e. The van der Waals surface area contributed by atoms with Gasteiger partial charge in [-0.15, -0.1) is 0 Å². The first kappa shape index (κ1) is 33.9. The Labute approximate surface area is 276 Å². The number of amides is 4. The van der Waals surface area contributed by atoms with Crippen molar-refractivity contribution < 1.29 is 37.2 Å². The average Bonchev–Trinajstić information content (AvgIpc) is 3.89. The zero-order valence-electron chi connectivity index (χ0n) is 28.4. The Morgan fingerprint density at radius 2 is 1.79 bits per heavy atom. The lowest BCUT2D eigenvalue weighted by molar-refractivity contribution is -0.867. The van der Waals surface area contributed by atoms with Crippen molar-refractivity contribution in [3.05, 3.63) is 29.6 Å². The SMILES string of the molecule is CCOC(C)C(=O)[N+]1(C)C2CC2(F)C(=O)N[C@@H](C(C2CC2)C2CC2)C(=O)Nc2ccc(cc2F)[C@H](C)[C@@H]1C(=O)N1CCN(C)[C@H](C)C1. The molecule has 4 amide bonds. The Hall–Kier alpha value is -2.96. The van der Waals surface area contributed by atoms with Gasteiger partial charge >= 0.3 is 5.91 Å². The van der Waals surface area contributed by atoms with Crippen LogP contribution in [-0.2, 0) is 23.9 Å². The molecule has 6 aliphatic rings. The molecule has 7 rings (SSSR count). The lowest BCUT2D eigenvalue weighted by atomic mass is 9.87. The lowest BCUT2D eigenvalue weighted by Crippen LogP contribution is -2.70. The monoisotopic (exact) mass is 658 g/mol. The molecule has 3 aliphatic carbocycles. The summed E-state index contributed by atoms with van der Waals surface area (Å²) in [5.41, 5.74) is -2.13. The zero-order chi connectivity index (χ0) is 34.0. The van der Waals surface area contributed by atoms with Crippen LogP contribution in [-0.4, -0.2) is 114 Å². The van der Waals surface area contributed by atoms with E-state index in [-0.39, 0.29) is 48.4 Å². The van der Waals surface area contributed by atoms with Gasteiger partial charge in [0, 0.05) is 38.2 Å². The number of benzene rings is 1. The number of quaternary nitrogens is 1. The van der Waals surface area contributed by atoms with Crippen molar-refractivity contribution in [3.8, 4) is 0 Å². The molecule has 0 aromatic heterocycles. The number of hydrogen-bond acceptors (Lipinski definition) is 6. The molecule has 8 atom stereocenters. The van der Waals surface area contributed by atoms with Crippen molar-refractivity contribution in [2.24, 2.45) is 17.8 Å². The molecule has 10 nitrogen and oxygen atoms in total. The van der Waals surface area contributed by atoms with Gasteiger partial charge in [-0.2, -0.15) is 0 Å². The largest absolute Gasteiger partial charge is 0.365 e. The number of anilines is 1. The maximum atomic E-state index is 17.2. The molecule has 12 heteroatoms. The summed E-state index contributed by atoms with van der Waals surface area (Å²) in [5, 5.41) is 5.45. The summed E-state index contributed by atoms with van der Waals surface area (Å²) < 4.78 is 38.1. The predicted octanol–water partition coefficient (Wildman–Crippen LogP) is 3.21. The Morgan fingerprint density at radius 3 is 2.36 bits per heavy atom. The highest BCUT2D eigenvalue weighted by Crippen LogP contribution is 2.54. The number of nitrogens with one attached hydrogen (secondary N) is 2. The van der Waals surface area contributed by atoms with Crippen LogP contribution in [0.2, 0.25) is 0 Å². The van der Waals surface area contributed by atoms with Gasteiger partial charge in [0.05, 0.1) is 19.2 Å². The zero-order valence-corrected chi connectivity index (χ0v) is 28.4. The van der Waals surface area contributed by atoms with Gasteiger partial charge in [0.25, 0.3) is 11.8 Å². The molecule has 0 spiro atoms. The van der Waals surface area contributed by atoms with E-state index in [4.69, 9.17) is 4.74 Å². The van der Waals surface area contributed by atoms with Crippen LogP contribution < -0.4 is 10.6 Å². The van der Waals surface area contributed by atoms with E-state index in [9.17, 15) is 19.2 Å². The highest BCUT2D eigenvalue weighted by molar-refractivity contribution is 6.00.